The number of furan rings is 2. The fourth-order valence-electron chi connectivity index (χ4n) is 7.42. The van der Waals surface area contributed by atoms with E-state index in [0.29, 0.717) is 0 Å². The first-order valence-corrected chi connectivity index (χ1v) is 16.6. The van der Waals surface area contributed by atoms with E-state index in [1.165, 1.54) is 5.39 Å². The molecule has 3 heteroatoms. The van der Waals surface area contributed by atoms with Gasteiger partial charge in [0, 0.05) is 38.2 Å². The number of hydrogen-bond donors (Lipinski definition) is 0. The highest BCUT2D eigenvalue weighted by Gasteiger charge is 2.23. The van der Waals surface area contributed by atoms with Crippen LogP contribution < -0.4 is 4.90 Å². The molecule has 0 aliphatic heterocycles. The van der Waals surface area contributed by atoms with Gasteiger partial charge in [-0.1, -0.05) is 140 Å². The summed E-state index contributed by atoms with van der Waals surface area (Å²) in [6, 6.07) is 61.9. The summed E-state index contributed by atoms with van der Waals surface area (Å²) in [5.74, 6) is 0. The van der Waals surface area contributed by atoms with Crippen molar-refractivity contribution in [2.24, 2.45) is 0 Å². The molecule has 0 unspecified atom stereocenters. The highest BCUT2D eigenvalue weighted by atomic mass is 16.3. The van der Waals surface area contributed by atoms with Crippen molar-refractivity contribution in [1.82, 2.24) is 0 Å². The lowest BCUT2D eigenvalue weighted by molar-refractivity contribution is 0.669. The summed E-state index contributed by atoms with van der Waals surface area (Å²) < 4.78 is 13.2. The second-order valence-corrected chi connectivity index (χ2v) is 12.5. The quantitative estimate of drug-likeness (QED) is 0.190. The molecule has 0 saturated heterocycles. The fourth-order valence-corrected chi connectivity index (χ4v) is 7.42. The Labute approximate surface area is 282 Å². The van der Waals surface area contributed by atoms with E-state index in [1.54, 1.807) is 0 Å². The van der Waals surface area contributed by atoms with Crippen LogP contribution in [0.4, 0.5) is 17.1 Å². The summed E-state index contributed by atoms with van der Waals surface area (Å²) >= 11 is 0. The molecule has 0 N–H and O–H groups in total. The molecule has 0 spiro atoms. The van der Waals surface area contributed by atoms with Gasteiger partial charge in [-0.3, -0.25) is 0 Å². The Morgan fingerprint density at radius 3 is 1.80 bits per heavy atom. The molecule has 230 valence electrons. The number of rotatable bonds is 5. The molecule has 0 aliphatic rings. The largest absolute Gasteiger partial charge is 0.455 e. The SMILES string of the molecule is c1ccc(-c2ccc(N(c3ccc(-c4cccc5c4oc4ccccc45)cc3)c3cccc4ccccc34)c3oc4ccccc4c23)cc1. The molecule has 0 saturated carbocycles. The Hall–Kier alpha value is -6.58. The Kier molecular flexibility index (Phi) is 6.18. The molecule has 2 heterocycles. The summed E-state index contributed by atoms with van der Waals surface area (Å²) in [6.07, 6.45) is 0. The Balaban J connectivity index is 1.21. The summed E-state index contributed by atoms with van der Waals surface area (Å²) in [7, 11) is 0. The normalized spacial score (nSPS) is 11.7. The van der Waals surface area contributed by atoms with Gasteiger partial charge in [-0.25, -0.2) is 0 Å². The maximum atomic E-state index is 6.80. The lowest BCUT2D eigenvalue weighted by Gasteiger charge is -2.27. The molecule has 0 bridgehead atoms. The highest BCUT2D eigenvalue weighted by molar-refractivity contribution is 6.17. The van der Waals surface area contributed by atoms with Crippen molar-refractivity contribution in [3.8, 4) is 22.3 Å². The van der Waals surface area contributed by atoms with Crippen LogP contribution in [-0.2, 0) is 0 Å². The van der Waals surface area contributed by atoms with E-state index < -0.39 is 0 Å². The molecule has 0 aliphatic carbocycles. The van der Waals surface area contributed by atoms with Crippen molar-refractivity contribution < 1.29 is 8.83 Å². The van der Waals surface area contributed by atoms with E-state index in [0.717, 1.165) is 88.6 Å². The van der Waals surface area contributed by atoms with Crippen LogP contribution in [0.15, 0.2) is 185 Å². The number of benzene rings is 8. The number of anilines is 3. The van der Waals surface area contributed by atoms with E-state index in [1.807, 2.05) is 18.2 Å². The van der Waals surface area contributed by atoms with Crippen LogP contribution in [0.5, 0.6) is 0 Å². The Morgan fingerprint density at radius 2 is 0.959 bits per heavy atom. The first kappa shape index (κ1) is 27.5. The Morgan fingerprint density at radius 1 is 0.347 bits per heavy atom. The van der Waals surface area contributed by atoms with Crippen molar-refractivity contribution in [1.29, 1.82) is 0 Å². The number of fused-ring (bicyclic) bond motifs is 7. The molecular formula is C46H29NO2. The molecule has 0 amide bonds. The van der Waals surface area contributed by atoms with Crippen LogP contribution in [0.25, 0.3) is 76.9 Å². The molecule has 49 heavy (non-hydrogen) atoms. The standard InChI is InChI=1S/C46H29NO2/c1-2-12-31(13-3-1)35-28-29-41(46-44(35)39-18-7-9-23-43(39)49-46)47(40-21-10-15-30-14-4-5-16-34(30)40)33-26-24-32(25-27-33)36-19-11-20-38-37-17-6-8-22-42(37)48-45(36)38/h1-29H. The molecule has 10 rings (SSSR count). The van der Waals surface area contributed by atoms with Crippen molar-refractivity contribution in [2.45, 2.75) is 0 Å². The average molecular weight is 628 g/mol. The molecule has 2 aromatic heterocycles. The van der Waals surface area contributed by atoms with E-state index in [2.05, 4.69) is 163 Å². The van der Waals surface area contributed by atoms with Gasteiger partial charge in [0.2, 0.25) is 0 Å². The van der Waals surface area contributed by atoms with Gasteiger partial charge in [-0.05, 0) is 58.5 Å². The maximum absolute atomic E-state index is 6.80. The topological polar surface area (TPSA) is 29.5 Å². The molecule has 0 fully saturated rings. The molecule has 8 aromatic carbocycles. The van der Waals surface area contributed by atoms with Gasteiger partial charge in [-0.2, -0.15) is 0 Å². The first-order chi connectivity index (χ1) is 24.3. The fraction of sp³-hybridized carbons (Fsp3) is 0. The van der Waals surface area contributed by atoms with Gasteiger partial charge in [0.1, 0.15) is 16.7 Å². The van der Waals surface area contributed by atoms with Crippen molar-refractivity contribution in [3.63, 3.8) is 0 Å². The third kappa shape index (κ3) is 4.37. The maximum Gasteiger partial charge on any atom is 0.160 e. The zero-order valence-electron chi connectivity index (χ0n) is 26.5. The predicted molar refractivity (Wildman–Crippen MR) is 204 cm³/mol. The molecule has 0 atom stereocenters. The smallest absolute Gasteiger partial charge is 0.160 e. The van der Waals surface area contributed by atoms with Gasteiger partial charge < -0.3 is 13.7 Å². The zero-order valence-corrected chi connectivity index (χ0v) is 26.5. The summed E-state index contributed by atoms with van der Waals surface area (Å²) in [5.41, 5.74) is 11.1. The minimum Gasteiger partial charge on any atom is -0.455 e. The van der Waals surface area contributed by atoms with Crippen molar-refractivity contribution in [2.75, 3.05) is 4.90 Å². The third-order valence-electron chi connectivity index (χ3n) is 9.68. The van der Waals surface area contributed by atoms with Crippen LogP contribution in [0, 0.1) is 0 Å². The first-order valence-electron chi connectivity index (χ1n) is 16.6. The molecular weight excluding hydrogens is 599 g/mol. The lowest BCUT2D eigenvalue weighted by Crippen LogP contribution is -2.11. The average Bonchev–Trinajstić information content (AvgIpc) is 3.75. The van der Waals surface area contributed by atoms with Gasteiger partial charge in [-0.15, -0.1) is 0 Å². The van der Waals surface area contributed by atoms with E-state index in [4.69, 9.17) is 8.83 Å². The molecule has 3 nitrogen and oxygen atoms in total. The number of para-hydroxylation sites is 3. The van der Waals surface area contributed by atoms with E-state index >= 15 is 0 Å². The van der Waals surface area contributed by atoms with Crippen LogP contribution in [0.2, 0.25) is 0 Å². The van der Waals surface area contributed by atoms with Crippen LogP contribution in [-0.4, -0.2) is 0 Å². The minimum absolute atomic E-state index is 0.853. The summed E-state index contributed by atoms with van der Waals surface area (Å²) in [6.45, 7) is 0. The van der Waals surface area contributed by atoms with Crippen LogP contribution >= 0.6 is 0 Å². The van der Waals surface area contributed by atoms with Crippen LogP contribution in [0.3, 0.4) is 0 Å². The predicted octanol–water partition coefficient (Wildman–Crippen LogP) is 13.4. The second kappa shape index (κ2) is 11.0. The van der Waals surface area contributed by atoms with Crippen molar-refractivity contribution >= 4 is 71.7 Å². The Bertz CT molecular complexity index is 2820. The minimum atomic E-state index is 0.853. The number of nitrogens with zero attached hydrogens (tertiary/aromatic N) is 1. The van der Waals surface area contributed by atoms with E-state index in [-0.39, 0.29) is 0 Å². The van der Waals surface area contributed by atoms with Crippen molar-refractivity contribution in [3.05, 3.63) is 176 Å². The third-order valence-corrected chi connectivity index (χ3v) is 9.68. The van der Waals surface area contributed by atoms with Gasteiger partial charge in [0.25, 0.3) is 0 Å². The van der Waals surface area contributed by atoms with Crippen LogP contribution in [0.1, 0.15) is 0 Å². The zero-order chi connectivity index (χ0) is 32.3. The molecule has 10 aromatic rings. The highest BCUT2D eigenvalue weighted by Crippen LogP contribution is 2.47. The van der Waals surface area contributed by atoms with Gasteiger partial charge >= 0.3 is 0 Å². The summed E-state index contributed by atoms with van der Waals surface area (Å²) in [5, 5.41) is 6.81. The van der Waals surface area contributed by atoms with Gasteiger partial charge in [0.15, 0.2) is 5.58 Å². The summed E-state index contributed by atoms with van der Waals surface area (Å²) in [4.78, 5) is 2.34. The lowest BCUT2D eigenvalue weighted by atomic mass is 9.97. The molecule has 0 radical (unpaired) electrons. The number of hydrogen-bond acceptors (Lipinski definition) is 3. The monoisotopic (exact) mass is 627 g/mol. The van der Waals surface area contributed by atoms with Gasteiger partial charge in [0.05, 0.1) is 11.4 Å². The second-order valence-electron chi connectivity index (χ2n) is 12.5. The van der Waals surface area contributed by atoms with E-state index in [9.17, 15) is 0 Å².